The Labute approximate surface area is 121 Å². The van der Waals surface area contributed by atoms with Crippen molar-refractivity contribution in [3.8, 4) is 0 Å². The molecule has 0 atom stereocenters. The number of carbonyl (C=O) groups excluding carboxylic acids is 1. The third kappa shape index (κ3) is 8.13. The molecule has 1 aliphatic carbocycles. The molecule has 0 radical (unpaired) electrons. The Morgan fingerprint density at radius 3 is 2.63 bits per heavy atom. The largest absolute Gasteiger partial charge is 0.393 e. The number of rotatable bonds is 10. The molecule has 0 heterocycles. The van der Waals surface area contributed by atoms with Crippen molar-refractivity contribution in [1.82, 2.24) is 9.80 Å². The van der Waals surface area contributed by atoms with Crippen LogP contribution in [0.25, 0.3) is 0 Å². The van der Waals surface area contributed by atoms with Gasteiger partial charge < -0.3 is 15.4 Å². The first-order valence-electron chi connectivity index (χ1n) is 6.77. The Morgan fingerprint density at radius 1 is 1.37 bits per heavy atom. The summed E-state index contributed by atoms with van der Waals surface area (Å²) in [7, 11) is 3.71. The van der Waals surface area contributed by atoms with E-state index in [-0.39, 0.29) is 5.91 Å². The predicted octanol–water partition coefficient (Wildman–Crippen LogP) is 0.479. The summed E-state index contributed by atoms with van der Waals surface area (Å²) < 4.78 is 5.55. The molecule has 0 aromatic rings. The number of thiocarbonyl (C=S) groups is 1. The van der Waals surface area contributed by atoms with Gasteiger partial charge in [0.2, 0.25) is 5.91 Å². The number of nitrogens with two attached hydrogens (primary N) is 1. The van der Waals surface area contributed by atoms with Gasteiger partial charge in [0.05, 0.1) is 18.1 Å². The Balaban J connectivity index is 2.06. The van der Waals surface area contributed by atoms with Gasteiger partial charge in [0.25, 0.3) is 0 Å². The lowest BCUT2D eigenvalue weighted by molar-refractivity contribution is -0.130. The maximum absolute atomic E-state index is 11.9. The van der Waals surface area contributed by atoms with E-state index in [1.807, 2.05) is 11.9 Å². The zero-order chi connectivity index (χ0) is 14.3. The molecule has 0 aromatic carbocycles. The monoisotopic (exact) mass is 287 g/mol. The van der Waals surface area contributed by atoms with Crippen LogP contribution in [0.2, 0.25) is 0 Å². The molecule has 0 aliphatic heterocycles. The van der Waals surface area contributed by atoms with Gasteiger partial charge in [-0.1, -0.05) is 12.2 Å². The fourth-order valence-corrected chi connectivity index (χ4v) is 1.68. The van der Waals surface area contributed by atoms with Crippen LogP contribution in [0, 0.1) is 5.92 Å². The highest BCUT2D eigenvalue weighted by molar-refractivity contribution is 7.80. The molecule has 5 nitrogen and oxygen atoms in total. The Hall–Kier alpha value is -0.720. The molecule has 0 saturated heterocycles. The lowest BCUT2D eigenvalue weighted by Crippen LogP contribution is -2.39. The van der Waals surface area contributed by atoms with Gasteiger partial charge in [-0.2, -0.15) is 0 Å². The second-order valence-corrected chi connectivity index (χ2v) is 5.81. The van der Waals surface area contributed by atoms with Crippen LogP contribution in [0.15, 0.2) is 0 Å². The van der Waals surface area contributed by atoms with Crippen molar-refractivity contribution < 1.29 is 9.53 Å². The Kier molecular flexibility index (Phi) is 7.27. The fraction of sp³-hybridized carbons (Fsp3) is 0.846. The molecular formula is C13H25N3O2S. The second kappa shape index (κ2) is 8.45. The minimum Gasteiger partial charge on any atom is -0.393 e. The first-order chi connectivity index (χ1) is 8.99. The Bertz CT molecular complexity index is 308. The van der Waals surface area contributed by atoms with Crippen molar-refractivity contribution in [3.05, 3.63) is 0 Å². The van der Waals surface area contributed by atoms with Crippen LogP contribution in [0.5, 0.6) is 0 Å². The highest BCUT2D eigenvalue weighted by Crippen LogP contribution is 2.28. The van der Waals surface area contributed by atoms with Gasteiger partial charge in [0.15, 0.2) is 0 Å². The van der Waals surface area contributed by atoms with Crippen LogP contribution in [0.1, 0.15) is 19.3 Å². The highest BCUT2D eigenvalue weighted by Gasteiger charge is 2.21. The molecule has 1 aliphatic rings. The number of carbonyl (C=O) groups is 1. The van der Waals surface area contributed by atoms with Crippen molar-refractivity contribution in [1.29, 1.82) is 0 Å². The van der Waals surface area contributed by atoms with E-state index in [4.69, 9.17) is 22.7 Å². The SMILES string of the molecule is CN(CCOCC1CC1)CC(=O)N(C)CCC(N)=S. The van der Waals surface area contributed by atoms with Gasteiger partial charge in [-0.15, -0.1) is 0 Å². The molecule has 1 amide bonds. The van der Waals surface area contributed by atoms with E-state index in [9.17, 15) is 4.79 Å². The van der Waals surface area contributed by atoms with Crippen molar-refractivity contribution in [2.45, 2.75) is 19.3 Å². The molecule has 110 valence electrons. The molecule has 2 N–H and O–H groups in total. The van der Waals surface area contributed by atoms with Crippen molar-refractivity contribution in [2.24, 2.45) is 11.7 Å². The summed E-state index contributed by atoms with van der Waals surface area (Å²) in [5.74, 6) is 0.874. The van der Waals surface area contributed by atoms with E-state index < -0.39 is 0 Å². The van der Waals surface area contributed by atoms with Crippen LogP contribution in [0.4, 0.5) is 0 Å². The summed E-state index contributed by atoms with van der Waals surface area (Å²) in [5, 5.41) is 0. The molecule has 6 heteroatoms. The summed E-state index contributed by atoms with van der Waals surface area (Å²) in [5.41, 5.74) is 5.42. The number of likely N-dealkylation sites (N-methyl/N-ethyl adjacent to an activating group) is 2. The minimum atomic E-state index is 0.0842. The van der Waals surface area contributed by atoms with Gasteiger partial charge in [0.1, 0.15) is 0 Å². The molecule has 0 bridgehead atoms. The lowest BCUT2D eigenvalue weighted by atomic mass is 10.3. The average Bonchev–Trinajstić information content (AvgIpc) is 3.15. The zero-order valence-electron chi connectivity index (χ0n) is 11.9. The van der Waals surface area contributed by atoms with Gasteiger partial charge in [0, 0.05) is 33.2 Å². The number of nitrogens with zero attached hydrogens (tertiary/aromatic N) is 2. The van der Waals surface area contributed by atoms with Crippen LogP contribution in [-0.2, 0) is 9.53 Å². The summed E-state index contributed by atoms with van der Waals surface area (Å²) in [6.45, 7) is 3.33. The summed E-state index contributed by atoms with van der Waals surface area (Å²) in [6, 6.07) is 0. The molecule has 1 fully saturated rings. The average molecular weight is 287 g/mol. The van der Waals surface area contributed by atoms with Crippen LogP contribution >= 0.6 is 12.2 Å². The molecule has 0 spiro atoms. The maximum Gasteiger partial charge on any atom is 0.236 e. The zero-order valence-corrected chi connectivity index (χ0v) is 12.7. The van der Waals surface area contributed by atoms with Gasteiger partial charge >= 0.3 is 0 Å². The minimum absolute atomic E-state index is 0.0842. The smallest absolute Gasteiger partial charge is 0.236 e. The topological polar surface area (TPSA) is 58.8 Å². The van der Waals surface area contributed by atoms with E-state index in [1.54, 1.807) is 11.9 Å². The highest BCUT2D eigenvalue weighted by atomic mass is 32.1. The molecule has 1 rings (SSSR count). The maximum atomic E-state index is 11.9. The first kappa shape index (κ1) is 16.3. The third-order valence-corrected chi connectivity index (χ3v) is 3.40. The van der Waals surface area contributed by atoms with Crippen LogP contribution in [-0.4, -0.2) is 67.6 Å². The molecule has 1 saturated carbocycles. The van der Waals surface area contributed by atoms with E-state index in [2.05, 4.69) is 0 Å². The first-order valence-corrected chi connectivity index (χ1v) is 7.18. The summed E-state index contributed by atoms with van der Waals surface area (Å²) in [6.07, 6.45) is 3.19. The van der Waals surface area contributed by atoms with E-state index >= 15 is 0 Å². The van der Waals surface area contributed by atoms with Crippen molar-refractivity contribution >= 4 is 23.1 Å². The van der Waals surface area contributed by atoms with E-state index in [0.717, 1.165) is 19.1 Å². The third-order valence-electron chi connectivity index (χ3n) is 3.19. The quantitative estimate of drug-likeness (QED) is 0.468. The van der Waals surface area contributed by atoms with Gasteiger partial charge in [-0.05, 0) is 25.8 Å². The molecule has 0 unspecified atom stereocenters. The number of hydrogen-bond acceptors (Lipinski definition) is 4. The predicted molar refractivity (Wildman–Crippen MR) is 80.1 cm³/mol. The summed E-state index contributed by atoms with van der Waals surface area (Å²) in [4.78, 5) is 16.0. The standard InChI is InChI=1S/C13H25N3O2S/c1-15(7-8-18-10-11-3-4-11)9-13(17)16(2)6-5-12(14)19/h11H,3-10H2,1-2H3,(H2,14,19). The Morgan fingerprint density at radius 2 is 2.05 bits per heavy atom. The van der Waals surface area contributed by atoms with E-state index in [1.165, 1.54) is 12.8 Å². The van der Waals surface area contributed by atoms with Gasteiger partial charge in [-0.3, -0.25) is 9.69 Å². The van der Waals surface area contributed by atoms with Crippen molar-refractivity contribution in [3.63, 3.8) is 0 Å². The number of ether oxygens (including phenoxy) is 1. The van der Waals surface area contributed by atoms with Crippen molar-refractivity contribution in [2.75, 3.05) is 46.9 Å². The van der Waals surface area contributed by atoms with Gasteiger partial charge in [-0.25, -0.2) is 0 Å². The lowest BCUT2D eigenvalue weighted by Gasteiger charge is -2.21. The van der Waals surface area contributed by atoms with Crippen LogP contribution < -0.4 is 5.73 Å². The molecule has 0 aromatic heterocycles. The molecular weight excluding hydrogens is 262 g/mol. The second-order valence-electron chi connectivity index (χ2n) is 5.29. The number of hydrogen-bond donors (Lipinski definition) is 1. The molecule has 19 heavy (non-hydrogen) atoms. The van der Waals surface area contributed by atoms with Crippen LogP contribution in [0.3, 0.4) is 0 Å². The van der Waals surface area contributed by atoms with E-state index in [0.29, 0.717) is 31.1 Å². The summed E-state index contributed by atoms with van der Waals surface area (Å²) >= 11 is 4.80. The normalized spacial score (nSPS) is 14.7. The fourth-order valence-electron chi connectivity index (χ4n) is 1.59. The number of amides is 1.